The molecule has 0 aliphatic carbocycles. The summed E-state index contributed by atoms with van der Waals surface area (Å²) in [5.41, 5.74) is 2.72. The van der Waals surface area contributed by atoms with Gasteiger partial charge in [0.05, 0.1) is 17.7 Å². The topological polar surface area (TPSA) is 68.2 Å². The van der Waals surface area contributed by atoms with Crippen LogP contribution < -0.4 is 15.5 Å². The van der Waals surface area contributed by atoms with Gasteiger partial charge in [-0.05, 0) is 42.0 Å². The van der Waals surface area contributed by atoms with E-state index in [0.717, 1.165) is 21.4 Å². The van der Waals surface area contributed by atoms with Crippen molar-refractivity contribution in [1.82, 2.24) is 5.32 Å². The average Bonchev–Trinajstić information content (AvgIpc) is 2.71. The van der Waals surface area contributed by atoms with Crippen LogP contribution in [0.25, 0.3) is 0 Å². The van der Waals surface area contributed by atoms with E-state index in [-0.39, 0.29) is 17.9 Å². The van der Waals surface area contributed by atoms with Crippen LogP contribution in [0.3, 0.4) is 0 Å². The van der Waals surface area contributed by atoms with Crippen molar-refractivity contribution in [3.8, 4) is 6.07 Å². The molecule has 106 valence electrons. The smallest absolute Gasteiger partial charge is 0.246 e. The molecule has 1 aromatic rings. The molecule has 2 unspecified atom stereocenters. The third kappa shape index (κ3) is 2.65. The van der Waals surface area contributed by atoms with Crippen molar-refractivity contribution in [2.24, 2.45) is 5.92 Å². The summed E-state index contributed by atoms with van der Waals surface area (Å²) in [7, 11) is 3.70. The minimum Gasteiger partial charge on any atom is -0.372 e. The maximum atomic E-state index is 11.8. The van der Waals surface area contributed by atoms with Gasteiger partial charge >= 0.3 is 0 Å². The molecule has 0 aromatic heterocycles. The molecule has 2 N–H and O–H groups in total. The Morgan fingerprint density at radius 2 is 2.30 bits per heavy atom. The summed E-state index contributed by atoms with van der Waals surface area (Å²) < 4.78 is 0.917. The van der Waals surface area contributed by atoms with E-state index in [2.05, 4.69) is 32.6 Å². The van der Waals surface area contributed by atoms with Crippen LogP contribution in [0.4, 0.5) is 11.4 Å². The van der Waals surface area contributed by atoms with Gasteiger partial charge in [-0.1, -0.05) is 0 Å². The monoisotopic (exact) mass is 336 g/mol. The van der Waals surface area contributed by atoms with Gasteiger partial charge in [0.25, 0.3) is 0 Å². The molecule has 1 amide bonds. The second-order valence-corrected chi connectivity index (χ2v) is 5.87. The number of hydrogen-bond donors (Lipinski definition) is 2. The number of rotatable bonds is 4. The van der Waals surface area contributed by atoms with E-state index in [1.165, 1.54) is 0 Å². The number of fused-ring (bicyclic) bond motifs is 1. The third-order valence-electron chi connectivity index (χ3n) is 3.42. The van der Waals surface area contributed by atoms with Crippen molar-refractivity contribution in [3.63, 3.8) is 0 Å². The largest absolute Gasteiger partial charge is 0.372 e. The Bertz CT molecular complexity index is 581. The lowest BCUT2D eigenvalue weighted by Gasteiger charge is -2.23. The molecule has 0 saturated heterocycles. The maximum Gasteiger partial charge on any atom is 0.246 e. The Morgan fingerprint density at radius 1 is 1.60 bits per heavy atom. The van der Waals surface area contributed by atoms with Gasteiger partial charge in [0.1, 0.15) is 6.04 Å². The van der Waals surface area contributed by atoms with Crippen LogP contribution in [0.5, 0.6) is 0 Å². The van der Waals surface area contributed by atoms with Crippen LogP contribution in [0.15, 0.2) is 16.6 Å². The van der Waals surface area contributed by atoms with Gasteiger partial charge < -0.3 is 15.5 Å². The van der Waals surface area contributed by atoms with Gasteiger partial charge in [0.15, 0.2) is 0 Å². The van der Waals surface area contributed by atoms with Gasteiger partial charge in [-0.2, -0.15) is 5.26 Å². The Kier molecular flexibility index (Phi) is 4.31. The lowest BCUT2D eigenvalue weighted by molar-refractivity contribution is -0.117. The van der Waals surface area contributed by atoms with E-state index in [1.54, 1.807) is 7.05 Å². The molecule has 0 radical (unpaired) electrons. The number of carbonyl (C=O) groups is 1. The van der Waals surface area contributed by atoms with Gasteiger partial charge in [0.2, 0.25) is 5.91 Å². The van der Waals surface area contributed by atoms with E-state index in [0.29, 0.717) is 6.54 Å². The first-order valence-corrected chi connectivity index (χ1v) is 7.19. The van der Waals surface area contributed by atoms with E-state index < -0.39 is 0 Å². The predicted octanol–water partition coefficient (Wildman–Crippen LogP) is 2.26. The van der Waals surface area contributed by atoms with Crippen molar-refractivity contribution in [2.75, 3.05) is 30.9 Å². The number of nitriles is 1. The Balaban J connectivity index is 2.33. The van der Waals surface area contributed by atoms with Gasteiger partial charge in [-0.25, -0.2) is 0 Å². The normalized spacial score (nSPS) is 18.1. The van der Waals surface area contributed by atoms with Crippen molar-refractivity contribution in [1.29, 1.82) is 5.26 Å². The number of carbonyl (C=O) groups excluding carboxylic acids is 1. The van der Waals surface area contributed by atoms with E-state index in [1.807, 2.05) is 31.0 Å². The van der Waals surface area contributed by atoms with Crippen LogP contribution in [0, 0.1) is 17.2 Å². The van der Waals surface area contributed by atoms with Crippen LogP contribution in [-0.4, -0.2) is 26.5 Å². The zero-order valence-corrected chi connectivity index (χ0v) is 13.3. The van der Waals surface area contributed by atoms with Crippen LogP contribution in [0.1, 0.15) is 18.5 Å². The SMILES string of the molecule is CNC1C(=O)Nc2cc(N(C)CC(C)C#N)c(Br)cc21. The summed E-state index contributed by atoms with van der Waals surface area (Å²) in [5.74, 6) is -0.0978. The van der Waals surface area contributed by atoms with Gasteiger partial charge in [-0.3, -0.25) is 4.79 Å². The maximum absolute atomic E-state index is 11.8. The number of benzene rings is 1. The number of likely N-dealkylation sites (N-methyl/N-ethyl adjacent to an activating group) is 1. The highest BCUT2D eigenvalue weighted by molar-refractivity contribution is 9.10. The summed E-state index contributed by atoms with van der Waals surface area (Å²) in [5, 5.41) is 14.8. The minimum atomic E-state index is -0.307. The Morgan fingerprint density at radius 3 is 2.90 bits per heavy atom. The van der Waals surface area contributed by atoms with Crippen molar-refractivity contribution < 1.29 is 4.79 Å². The number of amides is 1. The van der Waals surface area contributed by atoms with Crippen molar-refractivity contribution >= 4 is 33.2 Å². The first kappa shape index (κ1) is 14.8. The number of nitrogens with zero attached hydrogens (tertiary/aromatic N) is 2. The first-order valence-electron chi connectivity index (χ1n) is 6.40. The molecule has 1 aliphatic rings. The second kappa shape index (κ2) is 5.81. The molecule has 1 aliphatic heterocycles. The molecule has 2 rings (SSSR count). The molecule has 1 heterocycles. The second-order valence-electron chi connectivity index (χ2n) is 5.01. The fourth-order valence-electron chi connectivity index (χ4n) is 2.40. The molecule has 0 saturated carbocycles. The van der Waals surface area contributed by atoms with E-state index in [9.17, 15) is 4.79 Å². The summed E-state index contributed by atoms with van der Waals surface area (Å²) in [6, 6.07) is 5.82. The number of anilines is 2. The zero-order chi connectivity index (χ0) is 14.9. The fraction of sp³-hybridized carbons (Fsp3) is 0.429. The lowest BCUT2D eigenvalue weighted by Crippen LogP contribution is -2.24. The molecule has 0 bridgehead atoms. The number of nitrogens with one attached hydrogen (secondary N) is 2. The van der Waals surface area contributed by atoms with Crippen LogP contribution >= 0.6 is 15.9 Å². The van der Waals surface area contributed by atoms with Gasteiger partial charge in [0, 0.05) is 29.3 Å². The average molecular weight is 337 g/mol. The number of hydrogen-bond acceptors (Lipinski definition) is 4. The van der Waals surface area contributed by atoms with Crippen LogP contribution in [-0.2, 0) is 4.79 Å². The molecule has 6 heteroatoms. The molecule has 1 aromatic carbocycles. The summed E-state index contributed by atoms with van der Waals surface area (Å²) in [6.07, 6.45) is 0. The Hall–Kier alpha value is -1.58. The Labute approximate surface area is 127 Å². The quantitative estimate of drug-likeness (QED) is 0.884. The van der Waals surface area contributed by atoms with Crippen LogP contribution in [0.2, 0.25) is 0 Å². The van der Waals surface area contributed by atoms with Crippen molar-refractivity contribution in [2.45, 2.75) is 13.0 Å². The highest BCUT2D eigenvalue weighted by Crippen LogP contribution is 2.38. The molecular weight excluding hydrogens is 320 g/mol. The highest BCUT2D eigenvalue weighted by atomic mass is 79.9. The predicted molar refractivity (Wildman–Crippen MR) is 82.6 cm³/mol. The molecule has 2 atom stereocenters. The minimum absolute atomic E-state index is 0.0420. The highest BCUT2D eigenvalue weighted by Gasteiger charge is 2.30. The third-order valence-corrected chi connectivity index (χ3v) is 4.05. The molecular formula is C14H17BrN4O. The summed E-state index contributed by atoms with van der Waals surface area (Å²) in [4.78, 5) is 13.8. The summed E-state index contributed by atoms with van der Waals surface area (Å²) >= 11 is 3.55. The van der Waals surface area contributed by atoms with E-state index in [4.69, 9.17) is 5.26 Å². The first-order chi connectivity index (χ1) is 9.47. The molecule has 0 spiro atoms. The lowest BCUT2D eigenvalue weighted by atomic mass is 10.1. The molecule has 0 fully saturated rings. The summed E-state index contributed by atoms with van der Waals surface area (Å²) in [6.45, 7) is 2.52. The molecule has 5 nitrogen and oxygen atoms in total. The fourth-order valence-corrected chi connectivity index (χ4v) is 3.06. The van der Waals surface area contributed by atoms with Crippen molar-refractivity contribution in [3.05, 3.63) is 22.2 Å². The number of halogens is 1. The van der Waals surface area contributed by atoms with Gasteiger partial charge in [-0.15, -0.1) is 0 Å². The van der Waals surface area contributed by atoms with E-state index >= 15 is 0 Å². The molecule has 20 heavy (non-hydrogen) atoms. The zero-order valence-electron chi connectivity index (χ0n) is 11.7. The standard InChI is InChI=1S/C14H17BrN4O/c1-8(6-16)7-19(3)12-5-11-9(4-10(12)15)13(17-2)14(20)18-11/h4-5,8,13,17H,7H2,1-3H3,(H,18,20).